The first kappa shape index (κ1) is 15.1. The number of hydrogen-bond donors (Lipinski definition) is 0. The molecule has 5 heteroatoms. The quantitative estimate of drug-likeness (QED) is 0.743. The smallest absolute Gasteiger partial charge is 0.179 e. The number of rotatable bonds is 6. The summed E-state index contributed by atoms with van der Waals surface area (Å²) in [5.74, 6) is -0.905. The summed E-state index contributed by atoms with van der Waals surface area (Å²) >= 11 is 1.69. The van der Waals surface area contributed by atoms with Gasteiger partial charge in [0.2, 0.25) is 0 Å². The minimum Gasteiger partial charge on any atom is -0.295 e. The number of carbonyl (C=O) groups is 1. The van der Waals surface area contributed by atoms with Crippen LogP contribution in [0.3, 0.4) is 0 Å². The van der Waals surface area contributed by atoms with Gasteiger partial charge >= 0.3 is 0 Å². The third-order valence-corrected chi connectivity index (χ3v) is 3.60. The first-order chi connectivity index (χ1) is 8.45. The number of likely N-dealkylation sites (N-methyl/N-ethyl adjacent to an activating group) is 1. The van der Waals surface area contributed by atoms with Crippen LogP contribution in [0.15, 0.2) is 18.2 Å². The molecule has 0 N–H and O–H groups in total. The van der Waals surface area contributed by atoms with Gasteiger partial charge in [0.25, 0.3) is 0 Å². The summed E-state index contributed by atoms with van der Waals surface area (Å²) in [4.78, 5) is 13.7. The first-order valence-electron chi connectivity index (χ1n) is 5.63. The highest BCUT2D eigenvalue weighted by molar-refractivity contribution is 7.98. The summed E-state index contributed by atoms with van der Waals surface area (Å²) in [5, 5.41) is 0. The van der Waals surface area contributed by atoms with Gasteiger partial charge in [-0.2, -0.15) is 11.8 Å². The van der Waals surface area contributed by atoms with Crippen LogP contribution in [0.1, 0.15) is 17.3 Å². The van der Waals surface area contributed by atoms with Crippen LogP contribution in [0.5, 0.6) is 0 Å². The van der Waals surface area contributed by atoms with Crippen molar-refractivity contribution >= 4 is 17.5 Å². The molecule has 0 heterocycles. The summed E-state index contributed by atoms with van der Waals surface area (Å²) in [5.41, 5.74) is -0.0559. The second-order valence-corrected chi connectivity index (χ2v) is 5.18. The molecule has 0 aliphatic heterocycles. The third kappa shape index (κ3) is 4.07. The minimum atomic E-state index is -0.800. The van der Waals surface area contributed by atoms with Crippen LogP contribution in [0, 0.1) is 11.6 Å². The number of benzene rings is 1. The maximum absolute atomic E-state index is 13.4. The number of Topliss-reactive ketones (excluding diaryl/α,β-unsaturated/α-hetero) is 1. The average Bonchev–Trinajstić information content (AvgIpc) is 2.28. The fourth-order valence-corrected chi connectivity index (χ4v) is 2.29. The number of hydrogen-bond acceptors (Lipinski definition) is 3. The van der Waals surface area contributed by atoms with Crippen LogP contribution in [-0.2, 0) is 0 Å². The zero-order valence-electron chi connectivity index (χ0n) is 10.7. The van der Waals surface area contributed by atoms with E-state index in [0.29, 0.717) is 0 Å². The molecule has 1 atom stereocenters. The molecule has 0 amide bonds. The van der Waals surface area contributed by atoms with Crippen molar-refractivity contribution in [2.24, 2.45) is 0 Å². The van der Waals surface area contributed by atoms with Gasteiger partial charge in [-0.05, 0) is 32.4 Å². The lowest BCUT2D eigenvalue weighted by atomic mass is 10.1. The Balaban J connectivity index is 2.70. The Bertz CT molecular complexity index is 425. The number of carbonyl (C=O) groups excluding carboxylic acids is 1. The van der Waals surface area contributed by atoms with Crippen LogP contribution >= 0.6 is 11.8 Å². The standard InChI is InChI=1S/C13H17F2NOS/c1-9(8-18-3)16(2)7-13(17)11-5-4-10(14)6-12(11)15/h4-6,9H,7-8H2,1-3H3. The van der Waals surface area contributed by atoms with Crippen LogP contribution < -0.4 is 0 Å². The molecule has 0 aliphatic rings. The van der Waals surface area contributed by atoms with Crippen molar-refractivity contribution in [1.82, 2.24) is 4.90 Å². The van der Waals surface area contributed by atoms with Crippen molar-refractivity contribution in [3.8, 4) is 0 Å². The third-order valence-electron chi connectivity index (χ3n) is 2.78. The minimum absolute atomic E-state index is 0.0559. The summed E-state index contributed by atoms with van der Waals surface area (Å²) < 4.78 is 26.2. The molecule has 18 heavy (non-hydrogen) atoms. The lowest BCUT2D eigenvalue weighted by Gasteiger charge is -2.23. The topological polar surface area (TPSA) is 20.3 Å². The van der Waals surface area contributed by atoms with E-state index in [1.165, 1.54) is 6.07 Å². The Hall–Kier alpha value is -0.940. The van der Waals surface area contributed by atoms with Gasteiger partial charge in [0, 0.05) is 17.9 Å². The second-order valence-electron chi connectivity index (χ2n) is 4.27. The Labute approximate surface area is 110 Å². The van der Waals surface area contributed by atoms with E-state index in [4.69, 9.17) is 0 Å². The van der Waals surface area contributed by atoms with Gasteiger partial charge in [0.15, 0.2) is 5.78 Å². The van der Waals surface area contributed by atoms with Gasteiger partial charge in [-0.25, -0.2) is 8.78 Å². The van der Waals surface area contributed by atoms with Crippen LogP contribution in [0.4, 0.5) is 8.78 Å². The molecule has 0 radical (unpaired) electrons. The lowest BCUT2D eigenvalue weighted by molar-refractivity contribution is 0.0926. The van der Waals surface area contributed by atoms with Crippen LogP contribution in [0.2, 0.25) is 0 Å². The van der Waals surface area contributed by atoms with Gasteiger partial charge in [-0.3, -0.25) is 9.69 Å². The molecule has 1 unspecified atom stereocenters. The Morgan fingerprint density at radius 2 is 2.11 bits per heavy atom. The van der Waals surface area contributed by atoms with Gasteiger partial charge in [-0.1, -0.05) is 0 Å². The largest absolute Gasteiger partial charge is 0.295 e. The molecule has 1 aromatic rings. The second kappa shape index (κ2) is 6.85. The molecule has 100 valence electrons. The first-order valence-corrected chi connectivity index (χ1v) is 7.02. The van der Waals surface area contributed by atoms with E-state index in [1.54, 1.807) is 11.8 Å². The predicted octanol–water partition coefficient (Wildman–Crippen LogP) is 2.83. The van der Waals surface area contributed by atoms with E-state index >= 15 is 0 Å². The van der Waals surface area contributed by atoms with E-state index < -0.39 is 11.6 Å². The molecule has 1 rings (SSSR count). The normalized spacial score (nSPS) is 12.8. The van der Waals surface area contributed by atoms with E-state index in [0.717, 1.165) is 17.9 Å². The highest BCUT2D eigenvalue weighted by Crippen LogP contribution is 2.12. The number of thioether (sulfide) groups is 1. The molecular formula is C13H17F2NOS. The van der Waals surface area contributed by atoms with Crippen molar-refractivity contribution in [2.75, 3.05) is 25.6 Å². The van der Waals surface area contributed by atoms with Crippen LogP contribution in [-0.4, -0.2) is 42.3 Å². The van der Waals surface area contributed by atoms with Gasteiger partial charge < -0.3 is 0 Å². The number of nitrogens with zero attached hydrogens (tertiary/aromatic N) is 1. The maximum Gasteiger partial charge on any atom is 0.179 e. The summed E-state index contributed by atoms with van der Waals surface area (Å²) in [7, 11) is 1.82. The van der Waals surface area contributed by atoms with E-state index in [1.807, 2.05) is 25.1 Å². The average molecular weight is 273 g/mol. The van der Waals surface area contributed by atoms with Crippen molar-refractivity contribution in [2.45, 2.75) is 13.0 Å². The predicted molar refractivity (Wildman–Crippen MR) is 71.2 cm³/mol. The van der Waals surface area contributed by atoms with Crippen LogP contribution in [0.25, 0.3) is 0 Å². The maximum atomic E-state index is 13.4. The van der Waals surface area contributed by atoms with E-state index in [-0.39, 0.29) is 23.9 Å². The van der Waals surface area contributed by atoms with Gasteiger partial charge in [0.05, 0.1) is 12.1 Å². The Morgan fingerprint density at radius 3 is 2.67 bits per heavy atom. The summed E-state index contributed by atoms with van der Waals surface area (Å²) in [6.45, 7) is 2.13. The number of halogens is 2. The van der Waals surface area contributed by atoms with Gasteiger partial charge in [-0.15, -0.1) is 0 Å². The lowest BCUT2D eigenvalue weighted by Crippen LogP contribution is -2.35. The molecule has 0 aliphatic carbocycles. The monoisotopic (exact) mass is 273 g/mol. The van der Waals surface area contributed by atoms with Crippen molar-refractivity contribution in [1.29, 1.82) is 0 Å². The Morgan fingerprint density at radius 1 is 1.44 bits per heavy atom. The van der Waals surface area contributed by atoms with Crippen molar-refractivity contribution in [3.05, 3.63) is 35.4 Å². The van der Waals surface area contributed by atoms with Crippen molar-refractivity contribution in [3.63, 3.8) is 0 Å². The SMILES string of the molecule is CSCC(C)N(C)CC(=O)c1ccc(F)cc1F. The molecule has 0 aromatic heterocycles. The zero-order valence-corrected chi connectivity index (χ0v) is 11.6. The zero-order chi connectivity index (χ0) is 13.7. The Kier molecular flexibility index (Phi) is 5.75. The fraction of sp³-hybridized carbons (Fsp3) is 0.462. The molecule has 2 nitrogen and oxygen atoms in total. The molecule has 0 bridgehead atoms. The van der Waals surface area contributed by atoms with E-state index in [9.17, 15) is 13.6 Å². The molecular weight excluding hydrogens is 256 g/mol. The molecule has 0 saturated carbocycles. The fourth-order valence-electron chi connectivity index (χ4n) is 1.55. The highest BCUT2D eigenvalue weighted by atomic mass is 32.2. The summed E-state index contributed by atoms with van der Waals surface area (Å²) in [6, 6.07) is 3.26. The molecule has 1 aromatic carbocycles. The van der Waals surface area contributed by atoms with Crippen molar-refractivity contribution < 1.29 is 13.6 Å². The molecule has 0 spiro atoms. The summed E-state index contributed by atoms with van der Waals surface area (Å²) in [6.07, 6.45) is 1.99. The highest BCUT2D eigenvalue weighted by Gasteiger charge is 2.17. The number of ketones is 1. The van der Waals surface area contributed by atoms with Gasteiger partial charge in [0.1, 0.15) is 11.6 Å². The van der Waals surface area contributed by atoms with E-state index in [2.05, 4.69) is 0 Å². The molecule has 0 saturated heterocycles. The molecule has 0 fully saturated rings.